The lowest BCUT2D eigenvalue weighted by molar-refractivity contribution is 0.417. The Kier molecular flexibility index (Phi) is 5.45. The molecule has 2 heterocycles. The van der Waals surface area contributed by atoms with E-state index < -0.39 is 0 Å². The van der Waals surface area contributed by atoms with Gasteiger partial charge < -0.3 is 9.47 Å². The molecule has 0 bridgehead atoms. The third kappa shape index (κ3) is 3.83. The van der Waals surface area contributed by atoms with Gasteiger partial charge in [0.2, 0.25) is 0 Å². The van der Waals surface area contributed by atoms with Crippen LogP contribution in [-0.4, -0.2) is 22.6 Å². The fourth-order valence-corrected chi connectivity index (χ4v) is 5.78. The summed E-state index contributed by atoms with van der Waals surface area (Å²) in [6.07, 6.45) is 14.0. The van der Waals surface area contributed by atoms with Crippen LogP contribution >= 0.6 is 0 Å². The fourth-order valence-electron chi connectivity index (χ4n) is 5.78. The second-order valence-electron chi connectivity index (χ2n) is 10.1. The first-order valence-electron chi connectivity index (χ1n) is 12.7. The Morgan fingerprint density at radius 1 is 0.857 bits per heavy atom. The monoisotopic (exact) mass is 456 g/mol. The maximum Gasteiger partial charge on any atom is 0.0692 e. The summed E-state index contributed by atoms with van der Waals surface area (Å²) in [6.45, 7) is 4.59. The lowest BCUT2D eigenvalue weighted by Gasteiger charge is -2.36. The number of hydrogen-bond donors (Lipinski definition) is 0. The number of benzene rings is 3. The molecule has 174 valence electrons. The number of aromatic nitrogens is 1. The zero-order valence-electron chi connectivity index (χ0n) is 20.8. The summed E-state index contributed by atoms with van der Waals surface area (Å²) in [5, 5.41) is 2.59. The zero-order chi connectivity index (χ0) is 23.9. The summed E-state index contributed by atoms with van der Waals surface area (Å²) in [6, 6.07) is 26.7. The van der Waals surface area contributed by atoms with Crippen LogP contribution in [-0.2, 0) is 0 Å². The third-order valence-electron chi connectivity index (χ3n) is 7.51. The van der Waals surface area contributed by atoms with Gasteiger partial charge in [0.05, 0.1) is 17.1 Å². The molecule has 1 aliphatic carbocycles. The second-order valence-corrected chi connectivity index (χ2v) is 10.1. The van der Waals surface area contributed by atoms with Crippen LogP contribution in [0.4, 0.5) is 0 Å². The van der Waals surface area contributed by atoms with E-state index in [0.717, 1.165) is 12.8 Å². The van der Waals surface area contributed by atoms with Gasteiger partial charge in [-0.15, -0.1) is 0 Å². The molecule has 2 unspecified atom stereocenters. The lowest BCUT2D eigenvalue weighted by Crippen LogP contribution is -2.33. The van der Waals surface area contributed by atoms with Crippen molar-refractivity contribution in [2.75, 3.05) is 7.05 Å². The molecule has 2 nitrogen and oxygen atoms in total. The molecule has 0 amide bonds. The third-order valence-corrected chi connectivity index (χ3v) is 7.51. The largest absolute Gasteiger partial charge is 0.364 e. The van der Waals surface area contributed by atoms with Crippen molar-refractivity contribution in [3.8, 4) is 5.69 Å². The molecule has 2 heteroatoms. The van der Waals surface area contributed by atoms with E-state index in [4.69, 9.17) is 0 Å². The van der Waals surface area contributed by atoms with Gasteiger partial charge in [-0.25, -0.2) is 0 Å². The number of hydrogen-bond acceptors (Lipinski definition) is 1. The van der Waals surface area contributed by atoms with Crippen LogP contribution in [0.15, 0.2) is 114 Å². The van der Waals surface area contributed by atoms with Gasteiger partial charge in [0.15, 0.2) is 0 Å². The van der Waals surface area contributed by atoms with Gasteiger partial charge in [0.1, 0.15) is 0 Å². The Morgan fingerprint density at radius 2 is 1.63 bits per heavy atom. The van der Waals surface area contributed by atoms with E-state index in [9.17, 15) is 0 Å². The molecule has 6 rings (SSSR count). The average molecular weight is 457 g/mol. The summed E-state index contributed by atoms with van der Waals surface area (Å²) >= 11 is 0. The van der Waals surface area contributed by atoms with Crippen LogP contribution in [0.1, 0.15) is 32.3 Å². The molecule has 0 saturated carbocycles. The van der Waals surface area contributed by atoms with Gasteiger partial charge in [-0.3, -0.25) is 0 Å². The van der Waals surface area contributed by atoms with Crippen LogP contribution in [0.25, 0.3) is 33.2 Å². The molecule has 0 radical (unpaired) electrons. The number of para-hydroxylation sites is 2. The van der Waals surface area contributed by atoms with E-state index in [0.29, 0.717) is 12.0 Å². The van der Waals surface area contributed by atoms with Crippen molar-refractivity contribution >= 4 is 27.5 Å². The van der Waals surface area contributed by atoms with Crippen LogP contribution in [0.5, 0.6) is 0 Å². The number of nitrogens with zero attached hydrogens (tertiary/aromatic N) is 2. The van der Waals surface area contributed by atoms with Crippen molar-refractivity contribution in [3.63, 3.8) is 0 Å². The highest BCUT2D eigenvalue weighted by Gasteiger charge is 2.25. The molecular formula is C33H32N2. The molecular weight excluding hydrogens is 424 g/mol. The number of rotatable bonds is 3. The summed E-state index contributed by atoms with van der Waals surface area (Å²) in [7, 11) is 2.25. The molecule has 3 aromatic carbocycles. The predicted octanol–water partition coefficient (Wildman–Crippen LogP) is 8.30. The molecule has 4 aromatic rings. The van der Waals surface area contributed by atoms with Crippen LogP contribution in [0.2, 0.25) is 0 Å². The summed E-state index contributed by atoms with van der Waals surface area (Å²) < 4.78 is 2.38. The minimum Gasteiger partial charge on any atom is -0.364 e. The quantitative estimate of drug-likeness (QED) is 0.301. The number of likely N-dealkylation sites (N-methyl/N-ethyl adjacent to an activating group) is 1. The molecule has 2 aliphatic rings. The van der Waals surface area contributed by atoms with Gasteiger partial charge in [-0.2, -0.15) is 0 Å². The lowest BCUT2D eigenvalue weighted by atomic mass is 9.90. The molecule has 0 fully saturated rings. The number of allylic oxidation sites excluding steroid dienone is 5. The highest BCUT2D eigenvalue weighted by molar-refractivity contribution is 6.10. The van der Waals surface area contributed by atoms with Gasteiger partial charge in [0.25, 0.3) is 0 Å². The zero-order valence-corrected chi connectivity index (χ0v) is 20.8. The van der Waals surface area contributed by atoms with Crippen molar-refractivity contribution in [2.45, 2.75) is 32.7 Å². The maximum absolute atomic E-state index is 2.46. The van der Waals surface area contributed by atoms with Gasteiger partial charge in [-0.05, 0) is 73.2 Å². The summed E-state index contributed by atoms with van der Waals surface area (Å²) in [5.74, 6) is 0.678. The summed E-state index contributed by atoms with van der Waals surface area (Å²) in [4.78, 5) is 2.46. The molecule has 35 heavy (non-hydrogen) atoms. The Bertz CT molecular complexity index is 1530. The minimum absolute atomic E-state index is 0.293. The van der Waals surface area contributed by atoms with E-state index in [1.807, 2.05) is 0 Å². The van der Waals surface area contributed by atoms with E-state index in [1.54, 1.807) is 0 Å². The Hall–Kier alpha value is -3.78. The average Bonchev–Trinajstić information content (AvgIpc) is 3.05. The van der Waals surface area contributed by atoms with Gasteiger partial charge in [0, 0.05) is 29.2 Å². The van der Waals surface area contributed by atoms with Crippen LogP contribution in [0, 0.1) is 5.92 Å². The topological polar surface area (TPSA) is 8.17 Å². The predicted molar refractivity (Wildman–Crippen MR) is 150 cm³/mol. The summed E-state index contributed by atoms with van der Waals surface area (Å²) in [5.41, 5.74) is 9.07. The van der Waals surface area contributed by atoms with Crippen molar-refractivity contribution in [1.29, 1.82) is 0 Å². The van der Waals surface area contributed by atoms with Crippen molar-refractivity contribution in [2.24, 2.45) is 5.92 Å². The first kappa shape index (κ1) is 21.7. The van der Waals surface area contributed by atoms with Gasteiger partial charge in [-0.1, -0.05) is 79.3 Å². The molecule has 0 spiro atoms. The van der Waals surface area contributed by atoms with Crippen LogP contribution in [0.3, 0.4) is 0 Å². The normalized spacial score (nSPS) is 20.5. The minimum atomic E-state index is 0.293. The Labute approximate surface area is 208 Å². The Morgan fingerprint density at radius 3 is 2.49 bits per heavy atom. The van der Waals surface area contributed by atoms with E-state index in [-0.39, 0.29) is 0 Å². The maximum atomic E-state index is 2.46. The molecule has 0 saturated heterocycles. The molecule has 2 atom stereocenters. The van der Waals surface area contributed by atoms with Crippen molar-refractivity contribution < 1.29 is 0 Å². The first-order chi connectivity index (χ1) is 17.1. The van der Waals surface area contributed by atoms with Crippen molar-refractivity contribution in [1.82, 2.24) is 9.47 Å². The SMILES string of the molecule is CC1=CC(C2=CC=CCC(C)C2)N(C)C(c2ccc3c(c2)c2ccccc2n3-c2ccccc2)=C1. The van der Waals surface area contributed by atoms with Crippen LogP contribution < -0.4 is 0 Å². The Balaban J connectivity index is 1.47. The first-order valence-corrected chi connectivity index (χ1v) is 12.7. The number of fused-ring (bicyclic) bond motifs is 3. The molecule has 1 aromatic heterocycles. The van der Waals surface area contributed by atoms with Gasteiger partial charge >= 0.3 is 0 Å². The fraction of sp³-hybridized carbons (Fsp3) is 0.212. The second kappa shape index (κ2) is 8.78. The highest BCUT2D eigenvalue weighted by atomic mass is 15.1. The van der Waals surface area contributed by atoms with Crippen molar-refractivity contribution in [3.05, 3.63) is 120 Å². The smallest absolute Gasteiger partial charge is 0.0692 e. The van der Waals surface area contributed by atoms with E-state index >= 15 is 0 Å². The van der Waals surface area contributed by atoms with E-state index in [2.05, 4.69) is 134 Å². The highest BCUT2D eigenvalue weighted by Crippen LogP contribution is 2.37. The molecule has 0 N–H and O–H groups in total. The van der Waals surface area contributed by atoms with E-state index in [1.165, 1.54) is 49.9 Å². The molecule has 1 aliphatic heterocycles. The standard InChI is InChI=1S/C33H32N2/c1-23-11-7-8-12-25(19-23)32-20-24(2)21-33(34(32)3)26-17-18-31-29(22-26)28-15-9-10-16-30(28)35(31)27-13-5-4-6-14-27/h4-10,12-18,20-23,32H,11,19H2,1-3H3.